The van der Waals surface area contributed by atoms with Crippen LogP contribution in [0.1, 0.15) is 51.4 Å². The predicted molar refractivity (Wildman–Crippen MR) is 354 cm³/mol. The summed E-state index contributed by atoms with van der Waals surface area (Å²) >= 11 is 0. The molecule has 36 nitrogen and oxygen atoms in total. The fourth-order valence-electron chi connectivity index (χ4n) is 12.0. The van der Waals surface area contributed by atoms with Crippen LogP contribution in [0, 0.1) is 0 Å². The first-order chi connectivity index (χ1) is 60.7. The van der Waals surface area contributed by atoms with Gasteiger partial charge in [-0.2, -0.15) is 149 Å². The van der Waals surface area contributed by atoms with Crippen molar-refractivity contribution in [3.8, 4) is 0 Å². The number of alkyl halides is 34. The Hall–Kier alpha value is -6.26. The number of carbonyl (C=O) groups is 4. The van der Waals surface area contributed by atoms with Crippen molar-refractivity contribution in [1.29, 1.82) is 0 Å². The second-order valence-electron chi connectivity index (χ2n) is 30.3. The SMILES string of the molecule is O=C(NCCCCCCCCNC(=O)NC(COC(=O)NCCC(F)(F)C(F)(F)C(F)(F)C(F)(F)C(F)(F)C(F)(F)C(F)(F)C(F)(F)F)(CO[C@@H]1O[C@H](CO)[C@H](O)[C@H](O)[C@H]1O)CO[C@@H]1O[C@H](CO)[C@H](O)[C@H](O)[C@H]1O)NC(COC(=O)NCCC(F)(F)C(F)(F)C(F)(F)C(F)(F)C(F)(F)C(F)(F)C(F)(F)C(F)(F)F)(CO[C@@H]1O[C@H](CO)[C@H](O)[C@H](O)[C@H]1O)CO[C@@H]1O[C@H](CO)[C@H](O)[C@H](O)[C@H]1O. The van der Waals surface area contributed by atoms with Crippen LogP contribution in [0.4, 0.5) is 168 Å². The highest BCUT2D eigenvalue weighted by molar-refractivity contribution is 5.75. The van der Waals surface area contributed by atoms with Gasteiger partial charge in [0.2, 0.25) is 0 Å². The monoisotopic (exact) mass is 2060 g/mol. The van der Waals surface area contributed by atoms with Crippen LogP contribution in [0.25, 0.3) is 0 Å². The third-order valence-corrected chi connectivity index (χ3v) is 20.4. The van der Waals surface area contributed by atoms with Gasteiger partial charge in [-0.3, -0.25) is 0 Å². The van der Waals surface area contributed by atoms with E-state index in [-0.39, 0.29) is 38.5 Å². The van der Waals surface area contributed by atoms with E-state index >= 15 is 0 Å². The number of aliphatic hydroxyl groups is 16. The Bertz CT molecular complexity index is 3420. The number of hydrogen-bond donors (Lipinski definition) is 22. The molecule has 4 heterocycles. The number of nitrogens with one attached hydrogen (secondary N) is 6. The van der Waals surface area contributed by atoms with E-state index in [9.17, 15) is 250 Å². The lowest BCUT2D eigenvalue weighted by molar-refractivity contribution is -0.461. The summed E-state index contributed by atoms with van der Waals surface area (Å²) < 4.78 is 527. The molecule has 20 atom stereocenters. The molecule has 0 aromatic heterocycles. The van der Waals surface area contributed by atoms with Crippen LogP contribution in [-0.2, 0) is 47.4 Å². The fourth-order valence-corrected chi connectivity index (χ4v) is 12.0. The molecule has 0 aliphatic carbocycles. The van der Waals surface area contributed by atoms with Crippen molar-refractivity contribution in [2.75, 3.05) is 92.2 Å². The molecular weight excluding hydrogens is 1980 g/mol. The van der Waals surface area contributed by atoms with Gasteiger partial charge in [0, 0.05) is 39.0 Å². The lowest BCUT2D eigenvalue weighted by Crippen LogP contribution is -2.74. The second-order valence-corrected chi connectivity index (χ2v) is 30.3. The van der Waals surface area contributed by atoms with E-state index in [4.69, 9.17) is 47.4 Å². The molecule has 0 radical (unpaired) electrons. The molecule has 6 amide bonds. The van der Waals surface area contributed by atoms with Crippen molar-refractivity contribution in [3.05, 3.63) is 0 Å². The Morgan fingerprint density at radius 3 is 0.657 bits per heavy atom. The second kappa shape index (κ2) is 44.7. The maximum atomic E-state index is 14.9. The molecule has 0 spiro atoms. The van der Waals surface area contributed by atoms with Gasteiger partial charge in [-0.25, -0.2) is 19.2 Å². The molecule has 790 valence electrons. The molecule has 4 aliphatic rings. The molecule has 22 N–H and O–H groups in total. The van der Waals surface area contributed by atoms with Gasteiger partial charge in [0.15, 0.2) is 25.2 Å². The van der Waals surface area contributed by atoms with Crippen LogP contribution in [0.3, 0.4) is 0 Å². The number of carbonyl (C=O) groups excluding carboxylic acids is 4. The summed E-state index contributed by atoms with van der Waals surface area (Å²) in [4.78, 5) is 53.8. The van der Waals surface area contributed by atoms with Crippen LogP contribution in [-0.4, -0.2) is 427 Å². The van der Waals surface area contributed by atoms with E-state index in [1.807, 2.05) is 10.6 Å². The Morgan fingerprint density at radius 2 is 0.448 bits per heavy atom. The molecule has 4 aliphatic heterocycles. The highest BCUT2D eigenvalue weighted by Gasteiger charge is 2.97. The van der Waals surface area contributed by atoms with Crippen molar-refractivity contribution in [2.45, 2.75) is 281 Å². The zero-order chi connectivity index (χ0) is 104. The summed E-state index contributed by atoms with van der Waals surface area (Å²) in [6, 6.07) is -3.14. The largest absolute Gasteiger partial charge is 0.460 e. The van der Waals surface area contributed by atoms with E-state index in [1.54, 1.807) is 0 Å². The first-order valence-corrected chi connectivity index (χ1v) is 37.8. The van der Waals surface area contributed by atoms with Crippen molar-refractivity contribution in [1.82, 2.24) is 31.9 Å². The number of unbranched alkanes of at least 4 members (excludes halogenated alkanes) is 5. The van der Waals surface area contributed by atoms with Crippen LogP contribution in [0.2, 0.25) is 0 Å². The minimum Gasteiger partial charge on any atom is -0.447 e. The van der Waals surface area contributed by atoms with E-state index < -0.39 is 359 Å². The van der Waals surface area contributed by atoms with E-state index in [1.165, 1.54) is 0 Å². The van der Waals surface area contributed by atoms with Gasteiger partial charge in [0.25, 0.3) is 0 Å². The zero-order valence-electron chi connectivity index (χ0n) is 66.8. The minimum absolute atomic E-state index is 0.00804. The van der Waals surface area contributed by atoms with E-state index in [0.29, 0.717) is 0 Å². The first kappa shape index (κ1) is 120. The maximum Gasteiger partial charge on any atom is 0.460 e. The molecule has 70 heteroatoms. The van der Waals surface area contributed by atoms with Crippen LogP contribution in [0.15, 0.2) is 0 Å². The average molecular weight is 2070 g/mol. The van der Waals surface area contributed by atoms with Gasteiger partial charge >= 0.3 is 120 Å². The average Bonchev–Trinajstić information content (AvgIpc) is 0.697. The molecule has 4 saturated heterocycles. The van der Waals surface area contributed by atoms with Crippen molar-refractivity contribution in [2.24, 2.45) is 0 Å². The molecule has 0 unspecified atom stereocenters. The zero-order valence-corrected chi connectivity index (χ0v) is 66.8. The number of aliphatic hydroxyl groups excluding tert-OH is 16. The molecule has 0 aromatic rings. The maximum absolute atomic E-state index is 14.9. The van der Waals surface area contributed by atoms with Gasteiger partial charge in [0.05, 0.1) is 52.9 Å². The van der Waals surface area contributed by atoms with Gasteiger partial charge < -0.3 is 161 Å². The highest BCUT2D eigenvalue weighted by atomic mass is 19.4. The summed E-state index contributed by atoms with van der Waals surface area (Å²) in [5.41, 5.74) is -5.87. The number of hydrogen-bond acceptors (Lipinski definition) is 30. The number of urea groups is 2. The Kier molecular flexibility index (Phi) is 40.0. The number of alkyl carbamates (subject to hydrolysis) is 2. The van der Waals surface area contributed by atoms with Gasteiger partial charge in [-0.1, -0.05) is 25.7 Å². The molecule has 0 aromatic carbocycles. The minimum atomic E-state index is -9.01. The third-order valence-electron chi connectivity index (χ3n) is 20.4. The molecule has 134 heavy (non-hydrogen) atoms. The predicted octanol–water partition coefficient (Wildman–Crippen LogP) is 0.920. The smallest absolute Gasteiger partial charge is 0.447 e. The quantitative estimate of drug-likeness (QED) is 0.0297. The van der Waals surface area contributed by atoms with Crippen LogP contribution in [0.5, 0.6) is 0 Å². The number of rotatable bonds is 49. The summed E-state index contributed by atoms with van der Waals surface area (Å²) in [7, 11) is 0. The summed E-state index contributed by atoms with van der Waals surface area (Å²) in [5.74, 6) is -119. The third kappa shape index (κ3) is 24.8. The van der Waals surface area contributed by atoms with Crippen molar-refractivity contribution in [3.63, 3.8) is 0 Å². The van der Waals surface area contributed by atoms with Crippen molar-refractivity contribution < 1.29 is 298 Å². The fraction of sp³-hybridized carbons (Fsp3) is 0.938. The van der Waals surface area contributed by atoms with E-state index in [0.717, 1.165) is 10.6 Å². The Balaban J connectivity index is 1.59. The Morgan fingerprint density at radius 1 is 0.246 bits per heavy atom. The van der Waals surface area contributed by atoms with Crippen LogP contribution < -0.4 is 31.9 Å². The Labute approximate surface area is 725 Å². The van der Waals surface area contributed by atoms with Crippen molar-refractivity contribution >= 4 is 24.2 Å². The number of halogens is 34. The molecule has 4 rings (SSSR count). The summed E-state index contributed by atoms with van der Waals surface area (Å²) in [6.45, 7) is -20.5. The normalized spacial score (nSPS) is 27.8. The van der Waals surface area contributed by atoms with Gasteiger partial charge in [-0.05, 0) is 12.8 Å². The molecular formula is C64H86F34N6O30. The lowest BCUT2D eigenvalue weighted by atomic mass is 9.88. The standard InChI is InChI=1S/C64H86F34N6O30/c65-49(66,51(69,70)53(73,74)55(77,78)57(81,82)59(85,86)61(89,90)63(93,94)95)7-11-101-45(123)129-21-47(17-125-39-35(117)31(113)27(109)23(13-105)131-39,18-126-40-36(118)32(114)28(110)24(14-106)132-40)103-43(121)99-9-5-3-1-2-4-6-10-100-44(122)104-48(19-127-41-37(119)33(115)29(111)25(15-107)133-41,20-128-42-38(120)34(116)30(112)26(16-108)134-42)22-130-46(124)102-12-8-50(67,68)52(71,72)54(75,76)56(79,80)58(83,84)60(87,88)62(91,92)64(96,97)98/h23-42,105-120H,1-22H2,(H,101,123)(H,102,124)(H2,99,103,121)(H2,100,104,122)/t23-,24-,25-,26-,27+,28+,29+,30+,31+,32+,33+,34+,35-,36-,37-,38-,39-,40-,41-,42-/m1/s1. The lowest BCUT2D eigenvalue weighted by Gasteiger charge is -2.43. The van der Waals surface area contributed by atoms with Crippen LogP contribution >= 0.6 is 0 Å². The summed E-state index contributed by atoms with van der Waals surface area (Å²) in [5, 5.41) is 175. The number of ether oxygens (including phenoxy) is 10. The first-order valence-electron chi connectivity index (χ1n) is 37.8. The molecule has 4 fully saturated rings. The summed E-state index contributed by atoms with van der Waals surface area (Å²) in [6.07, 6.45) is -72.6. The van der Waals surface area contributed by atoms with E-state index in [2.05, 4.69) is 10.6 Å². The van der Waals surface area contributed by atoms with Gasteiger partial charge in [0.1, 0.15) is 122 Å². The highest BCUT2D eigenvalue weighted by Crippen LogP contribution is 2.67. The molecule has 0 saturated carbocycles. The topological polar surface area (TPSA) is 556 Å². The number of amides is 6. The van der Waals surface area contributed by atoms with Gasteiger partial charge in [-0.15, -0.1) is 0 Å². The molecule has 0 bridgehead atoms.